The molecule has 106 valence electrons. The van der Waals surface area contributed by atoms with Crippen molar-refractivity contribution in [1.29, 1.82) is 0 Å². The van der Waals surface area contributed by atoms with Crippen molar-refractivity contribution in [3.63, 3.8) is 0 Å². The Bertz CT molecular complexity index is 640. The number of nitrogen functional groups attached to an aromatic ring is 1. The highest BCUT2D eigenvalue weighted by Gasteiger charge is 2.22. The summed E-state index contributed by atoms with van der Waals surface area (Å²) in [5.74, 6) is 6.06. The molecule has 0 aromatic carbocycles. The topological polar surface area (TPSA) is 158 Å². The summed E-state index contributed by atoms with van der Waals surface area (Å²) in [5, 5.41) is 17.4. The molecule has 2 rings (SSSR count). The minimum Gasteiger partial charge on any atom is -0.355 e. The third-order valence-corrected chi connectivity index (χ3v) is 2.35. The Labute approximate surface area is 112 Å². The summed E-state index contributed by atoms with van der Waals surface area (Å²) >= 11 is 0. The number of anilines is 2. The van der Waals surface area contributed by atoms with Gasteiger partial charge in [-0.25, -0.2) is 10.8 Å². The molecule has 11 nitrogen and oxygen atoms in total. The zero-order valence-corrected chi connectivity index (χ0v) is 10.7. The molecule has 2 aromatic heterocycles. The lowest BCUT2D eigenvalue weighted by atomic mass is 10.3. The van der Waals surface area contributed by atoms with Crippen LogP contribution in [0.2, 0.25) is 0 Å². The van der Waals surface area contributed by atoms with Gasteiger partial charge in [-0.3, -0.25) is 15.5 Å². The van der Waals surface area contributed by atoms with E-state index in [-0.39, 0.29) is 35.6 Å². The van der Waals surface area contributed by atoms with Gasteiger partial charge in [0.1, 0.15) is 5.69 Å². The van der Waals surface area contributed by atoms with Crippen molar-refractivity contribution in [2.24, 2.45) is 5.84 Å². The van der Waals surface area contributed by atoms with Gasteiger partial charge in [0, 0.05) is 0 Å². The molecule has 2 aromatic rings. The van der Waals surface area contributed by atoms with Crippen LogP contribution >= 0.6 is 0 Å². The van der Waals surface area contributed by atoms with Crippen molar-refractivity contribution in [3.05, 3.63) is 27.5 Å². The molecule has 0 amide bonds. The largest absolute Gasteiger partial charge is 0.355 e. The third kappa shape index (κ3) is 2.77. The van der Waals surface area contributed by atoms with Gasteiger partial charge in [-0.15, -0.1) is 0 Å². The number of nitrogens with zero attached hydrogens (tertiary/aromatic N) is 5. The van der Waals surface area contributed by atoms with Crippen molar-refractivity contribution in [2.75, 3.05) is 10.7 Å². The highest BCUT2D eigenvalue weighted by Crippen LogP contribution is 2.26. The summed E-state index contributed by atoms with van der Waals surface area (Å²) in [5.41, 5.74) is 2.19. The number of hydrogen-bond donors (Lipinski definition) is 3. The highest BCUT2D eigenvalue weighted by molar-refractivity contribution is 5.60. The van der Waals surface area contributed by atoms with Crippen LogP contribution in [0.25, 0.3) is 0 Å². The van der Waals surface area contributed by atoms with Crippen LogP contribution in [0.3, 0.4) is 0 Å². The first-order valence-electron chi connectivity index (χ1n) is 5.54. The van der Waals surface area contributed by atoms with Crippen LogP contribution < -0.4 is 16.6 Å². The Hall–Kier alpha value is -2.82. The molecule has 0 aliphatic carbocycles. The second kappa shape index (κ2) is 5.44. The first-order chi connectivity index (χ1) is 9.51. The van der Waals surface area contributed by atoms with E-state index in [9.17, 15) is 10.1 Å². The number of aryl methyl sites for hydroxylation is 2. The predicted molar refractivity (Wildman–Crippen MR) is 67.6 cm³/mol. The zero-order valence-electron chi connectivity index (χ0n) is 10.7. The summed E-state index contributed by atoms with van der Waals surface area (Å²) in [4.78, 5) is 22.2. The number of hydrazine groups is 1. The summed E-state index contributed by atoms with van der Waals surface area (Å²) in [6, 6.07) is 0. The number of aromatic nitrogens is 4. The van der Waals surface area contributed by atoms with E-state index < -0.39 is 4.92 Å². The fourth-order valence-electron chi connectivity index (χ4n) is 1.54. The molecule has 0 saturated heterocycles. The van der Waals surface area contributed by atoms with Crippen molar-refractivity contribution < 1.29 is 9.45 Å². The van der Waals surface area contributed by atoms with Crippen molar-refractivity contribution in [2.45, 2.75) is 20.4 Å². The number of nitrogens with one attached hydrogen (secondary N) is 2. The first-order valence-corrected chi connectivity index (χ1v) is 5.54. The fraction of sp³-hybridized carbons (Fsp3) is 0.333. The molecule has 0 bridgehead atoms. The van der Waals surface area contributed by atoms with Crippen LogP contribution in [0.5, 0.6) is 0 Å². The number of hydrogen-bond acceptors (Lipinski definition) is 10. The predicted octanol–water partition coefficient (Wildman–Crippen LogP) is 0.282. The van der Waals surface area contributed by atoms with Gasteiger partial charge in [-0.2, -0.15) is 9.97 Å². The molecule has 0 spiro atoms. The van der Waals surface area contributed by atoms with Gasteiger partial charge in [0.05, 0.1) is 11.5 Å². The average molecular weight is 280 g/mol. The quantitative estimate of drug-likeness (QED) is 0.394. The van der Waals surface area contributed by atoms with E-state index in [4.69, 9.17) is 10.4 Å². The van der Waals surface area contributed by atoms with E-state index in [0.717, 1.165) is 0 Å². The zero-order chi connectivity index (χ0) is 14.7. The van der Waals surface area contributed by atoms with Gasteiger partial charge < -0.3 is 9.84 Å². The summed E-state index contributed by atoms with van der Waals surface area (Å²) in [6.45, 7) is 3.26. The minimum atomic E-state index is -0.572. The summed E-state index contributed by atoms with van der Waals surface area (Å²) in [7, 11) is 0. The van der Waals surface area contributed by atoms with Crippen LogP contribution in [0.4, 0.5) is 17.5 Å². The van der Waals surface area contributed by atoms with Crippen molar-refractivity contribution in [1.82, 2.24) is 20.1 Å². The van der Waals surface area contributed by atoms with Crippen molar-refractivity contribution >= 4 is 17.5 Å². The van der Waals surface area contributed by atoms with Gasteiger partial charge in [0.2, 0.25) is 17.7 Å². The molecule has 0 unspecified atom stereocenters. The first kappa shape index (κ1) is 13.6. The molecule has 4 N–H and O–H groups in total. The van der Waals surface area contributed by atoms with E-state index in [1.54, 1.807) is 6.92 Å². The van der Waals surface area contributed by atoms with Gasteiger partial charge in [-0.05, 0) is 13.8 Å². The molecule has 0 aliphatic heterocycles. The number of rotatable bonds is 5. The van der Waals surface area contributed by atoms with E-state index in [0.29, 0.717) is 5.82 Å². The molecule has 11 heteroatoms. The monoisotopic (exact) mass is 280 g/mol. The molecule has 0 atom stereocenters. The van der Waals surface area contributed by atoms with Gasteiger partial charge in [-0.1, -0.05) is 5.16 Å². The number of nitrogens with two attached hydrogens (primary N) is 1. The van der Waals surface area contributed by atoms with Gasteiger partial charge >= 0.3 is 5.69 Å². The van der Waals surface area contributed by atoms with E-state index >= 15 is 0 Å². The lowest BCUT2D eigenvalue weighted by Gasteiger charge is -2.07. The van der Waals surface area contributed by atoms with Gasteiger partial charge in [0.25, 0.3) is 0 Å². The molecule has 0 fully saturated rings. The Morgan fingerprint density at radius 1 is 1.35 bits per heavy atom. The second-order valence-corrected chi connectivity index (χ2v) is 3.82. The molecular weight excluding hydrogens is 268 g/mol. The third-order valence-electron chi connectivity index (χ3n) is 2.35. The Balaban J connectivity index is 2.28. The van der Waals surface area contributed by atoms with E-state index in [1.807, 2.05) is 0 Å². The van der Waals surface area contributed by atoms with Crippen LogP contribution in [-0.4, -0.2) is 25.0 Å². The van der Waals surface area contributed by atoms with E-state index in [1.165, 1.54) is 6.92 Å². The van der Waals surface area contributed by atoms with Crippen LogP contribution in [-0.2, 0) is 6.54 Å². The van der Waals surface area contributed by atoms with Gasteiger partial charge in [0.15, 0.2) is 5.82 Å². The lowest BCUT2D eigenvalue weighted by molar-refractivity contribution is -0.385. The average Bonchev–Trinajstić information content (AvgIpc) is 2.81. The highest BCUT2D eigenvalue weighted by atomic mass is 16.6. The standard InChI is InChI=1S/C9H12N8O3/c1-4-7(17(18)19)8(14-9(12-4)15-10)11-3-6-13-5(2)16-20-6/h3,10H2,1-2H3,(H2,11,12,14,15). The van der Waals surface area contributed by atoms with Crippen LogP contribution in [0, 0.1) is 24.0 Å². The smallest absolute Gasteiger partial charge is 0.332 e. The maximum Gasteiger partial charge on any atom is 0.332 e. The Kier molecular flexibility index (Phi) is 3.70. The minimum absolute atomic E-state index is 0.0197. The number of nitro groups is 1. The Morgan fingerprint density at radius 3 is 2.65 bits per heavy atom. The normalized spacial score (nSPS) is 10.3. The fourth-order valence-corrected chi connectivity index (χ4v) is 1.54. The van der Waals surface area contributed by atoms with Crippen LogP contribution in [0.1, 0.15) is 17.4 Å². The molecule has 0 radical (unpaired) electrons. The molecule has 0 aliphatic rings. The molecule has 2 heterocycles. The summed E-state index contributed by atoms with van der Waals surface area (Å²) < 4.78 is 4.90. The lowest BCUT2D eigenvalue weighted by Crippen LogP contribution is -2.14. The Morgan fingerprint density at radius 2 is 2.10 bits per heavy atom. The molecule has 20 heavy (non-hydrogen) atoms. The van der Waals surface area contributed by atoms with Crippen LogP contribution in [0.15, 0.2) is 4.52 Å². The second-order valence-electron chi connectivity index (χ2n) is 3.82. The maximum atomic E-state index is 11.0. The SMILES string of the molecule is Cc1noc(CNc2nc(NN)nc(C)c2[N+](=O)[O-])n1. The maximum absolute atomic E-state index is 11.0. The molecular formula is C9H12N8O3. The molecule has 0 saturated carbocycles. The van der Waals surface area contributed by atoms with E-state index in [2.05, 4.69) is 30.9 Å². The van der Waals surface area contributed by atoms with Crippen molar-refractivity contribution in [3.8, 4) is 0 Å². The summed E-state index contributed by atoms with van der Waals surface area (Å²) in [6.07, 6.45) is 0.